The molecular weight excluding hydrogens is 303 g/mol. The predicted molar refractivity (Wildman–Crippen MR) is 88.0 cm³/mol. The summed E-state index contributed by atoms with van der Waals surface area (Å²) in [4.78, 5) is 14.2. The molecular formula is C17H24ClFN2O. The van der Waals surface area contributed by atoms with Crippen LogP contribution in [-0.4, -0.2) is 36.5 Å². The first-order chi connectivity index (χ1) is 10.1. The van der Waals surface area contributed by atoms with Gasteiger partial charge in [0, 0.05) is 24.7 Å². The van der Waals surface area contributed by atoms with Crippen molar-refractivity contribution in [2.45, 2.75) is 38.6 Å². The topological polar surface area (TPSA) is 32.3 Å². The van der Waals surface area contributed by atoms with E-state index in [2.05, 4.69) is 5.32 Å². The lowest BCUT2D eigenvalue weighted by molar-refractivity contribution is 0.0704. The van der Waals surface area contributed by atoms with E-state index in [1.54, 1.807) is 19.1 Å². The third-order valence-corrected chi connectivity index (χ3v) is 4.59. The molecule has 1 saturated carbocycles. The van der Waals surface area contributed by atoms with Crippen LogP contribution in [0.3, 0.4) is 0 Å². The summed E-state index contributed by atoms with van der Waals surface area (Å²) in [7, 11) is 0. The van der Waals surface area contributed by atoms with Crippen LogP contribution >= 0.6 is 12.4 Å². The van der Waals surface area contributed by atoms with Gasteiger partial charge in [-0.2, -0.15) is 0 Å². The van der Waals surface area contributed by atoms with E-state index < -0.39 is 0 Å². The van der Waals surface area contributed by atoms with Crippen molar-refractivity contribution in [2.24, 2.45) is 5.92 Å². The molecule has 122 valence electrons. The quantitative estimate of drug-likeness (QED) is 0.921. The molecule has 5 heteroatoms. The van der Waals surface area contributed by atoms with Gasteiger partial charge < -0.3 is 10.2 Å². The minimum atomic E-state index is -0.304. The fourth-order valence-electron chi connectivity index (χ4n) is 2.85. The Labute approximate surface area is 137 Å². The summed E-state index contributed by atoms with van der Waals surface area (Å²) in [5.41, 5.74) is 1.04. The number of carbonyl (C=O) groups excluding carboxylic acids is 1. The van der Waals surface area contributed by atoms with Gasteiger partial charge in [-0.15, -0.1) is 12.4 Å². The third kappa shape index (κ3) is 4.20. The molecule has 0 radical (unpaired) electrons. The third-order valence-electron chi connectivity index (χ3n) is 4.59. The van der Waals surface area contributed by atoms with Crippen LogP contribution in [0.25, 0.3) is 0 Å². The summed E-state index contributed by atoms with van der Waals surface area (Å²) in [6.07, 6.45) is 4.71. The zero-order valence-corrected chi connectivity index (χ0v) is 13.8. The first-order valence-corrected chi connectivity index (χ1v) is 7.92. The highest BCUT2D eigenvalue weighted by atomic mass is 35.5. The molecule has 1 aromatic carbocycles. The van der Waals surface area contributed by atoms with Crippen LogP contribution in [0, 0.1) is 18.7 Å². The van der Waals surface area contributed by atoms with Crippen molar-refractivity contribution in [3.63, 3.8) is 0 Å². The molecule has 1 amide bonds. The number of hydrogen-bond donors (Lipinski definition) is 1. The molecule has 1 heterocycles. The number of halogens is 2. The van der Waals surface area contributed by atoms with E-state index in [0.29, 0.717) is 17.2 Å². The maximum Gasteiger partial charge on any atom is 0.253 e. The Bertz CT molecular complexity index is 525. The van der Waals surface area contributed by atoms with Crippen LogP contribution < -0.4 is 5.32 Å². The number of nitrogens with one attached hydrogen (secondary N) is 1. The van der Waals surface area contributed by atoms with E-state index in [0.717, 1.165) is 38.4 Å². The molecule has 22 heavy (non-hydrogen) atoms. The summed E-state index contributed by atoms with van der Waals surface area (Å²) >= 11 is 0. The van der Waals surface area contributed by atoms with E-state index in [-0.39, 0.29) is 24.1 Å². The van der Waals surface area contributed by atoms with Crippen molar-refractivity contribution in [3.8, 4) is 0 Å². The Kier molecular flexibility index (Phi) is 5.81. The van der Waals surface area contributed by atoms with Crippen LogP contribution in [0.5, 0.6) is 0 Å². The molecule has 2 fully saturated rings. The number of nitrogens with zero attached hydrogens (tertiary/aromatic N) is 1. The Morgan fingerprint density at radius 1 is 1.27 bits per heavy atom. The molecule has 0 aromatic heterocycles. The van der Waals surface area contributed by atoms with Gasteiger partial charge in [0.1, 0.15) is 5.82 Å². The summed E-state index contributed by atoms with van der Waals surface area (Å²) < 4.78 is 13.6. The van der Waals surface area contributed by atoms with Crippen molar-refractivity contribution in [1.82, 2.24) is 10.2 Å². The molecule has 0 atom stereocenters. The average molecular weight is 327 g/mol. The minimum absolute atomic E-state index is 0. The number of aryl methyl sites for hydroxylation is 1. The monoisotopic (exact) mass is 326 g/mol. The van der Waals surface area contributed by atoms with Crippen LogP contribution in [-0.2, 0) is 0 Å². The van der Waals surface area contributed by atoms with E-state index in [9.17, 15) is 9.18 Å². The van der Waals surface area contributed by atoms with E-state index in [4.69, 9.17) is 0 Å². The molecule has 3 rings (SSSR count). The average Bonchev–Trinajstić information content (AvgIpc) is 3.32. The maximum atomic E-state index is 13.6. The Balaban J connectivity index is 0.00000176. The largest absolute Gasteiger partial charge is 0.339 e. The van der Waals surface area contributed by atoms with Gasteiger partial charge in [-0.05, 0) is 62.8 Å². The van der Waals surface area contributed by atoms with Gasteiger partial charge in [0.25, 0.3) is 5.91 Å². The number of likely N-dealkylation sites (tertiary alicyclic amines) is 1. The van der Waals surface area contributed by atoms with Crippen molar-refractivity contribution in [3.05, 3.63) is 35.1 Å². The van der Waals surface area contributed by atoms with Crippen molar-refractivity contribution < 1.29 is 9.18 Å². The van der Waals surface area contributed by atoms with E-state index >= 15 is 0 Å². The normalized spacial score (nSPS) is 18.9. The Morgan fingerprint density at radius 2 is 1.95 bits per heavy atom. The summed E-state index contributed by atoms with van der Waals surface area (Å²) in [5.74, 6) is 0.538. The second-order valence-corrected chi connectivity index (χ2v) is 6.38. The number of hydrogen-bond acceptors (Lipinski definition) is 2. The van der Waals surface area contributed by atoms with Crippen LogP contribution in [0.15, 0.2) is 18.2 Å². The van der Waals surface area contributed by atoms with Crippen LogP contribution in [0.1, 0.15) is 41.6 Å². The highest BCUT2D eigenvalue weighted by Gasteiger charge is 2.26. The van der Waals surface area contributed by atoms with Crippen molar-refractivity contribution in [2.75, 3.05) is 19.6 Å². The Hall–Kier alpha value is -1.13. The standard InChI is InChI=1S/C17H23FN2O.ClH/c1-12-2-5-14(10-16(12)18)17(21)20-8-6-15(7-9-20)19-11-13-3-4-13;/h2,5,10,13,15,19H,3-4,6-9,11H2,1H3;1H. The SMILES string of the molecule is Cc1ccc(C(=O)N2CCC(NCC3CC3)CC2)cc1F.Cl. The Morgan fingerprint density at radius 3 is 2.55 bits per heavy atom. The second-order valence-electron chi connectivity index (χ2n) is 6.38. The lowest BCUT2D eigenvalue weighted by Gasteiger charge is -2.32. The van der Waals surface area contributed by atoms with Gasteiger partial charge in [0.05, 0.1) is 0 Å². The van der Waals surface area contributed by atoms with E-state index in [1.165, 1.54) is 18.9 Å². The van der Waals surface area contributed by atoms with Gasteiger partial charge >= 0.3 is 0 Å². The molecule has 0 unspecified atom stereocenters. The first kappa shape index (κ1) is 17.2. The molecule has 1 N–H and O–H groups in total. The number of rotatable bonds is 4. The number of piperidine rings is 1. The number of carbonyl (C=O) groups is 1. The van der Waals surface area contributed by atoms with E-state index in [1.807, 2.05) is 4.90 Å². The molecule has 0 spiro atoms. The van der Waals surface area contributed by atoms with Gasteiger partial charge in [-0.1, -0.05) is 6.07 Å². The van der Waals surface area contributed by atoms with Gasteiger partial charge in [0.2, 0.25) is 0 Å². The molecule has 2 aliphatic rings. The molecule has 1 aromatic rings. The minimum Gasteiger partial charge on any atom is -0.339 e. The van der Waals surface area contributed by atoms with Crippen molar-refractivity contribution in [1.29, 1.82) is 0 Å². The summed E-state index contributed by atoms with van der Waals surface area (Å²) in [5, 5.41) is 3.60. The van der Waals surface area contributed by atoms with Crippen molar-refractivity contribution >= 4 is 18.3 Å². The smallest absolute Gasteiger partial charge is 0.253 e. The van der Waals surface area contributed by atoms with Crippen LogP contribution in [0.2, 0.25) is 0 Å². The highest BCUT2D eigenvalue weighted by Crippen LogP contribution is 2.28. The lowest BCUT2D eigenvalue weighted by Crippen LogP contribution is -2.45. The molecule has 1 saturated heterocycles. The fraction of sp³-hybridized carbons (Fsp3) is 0.588. The number of benzene rings is 1. The van der Waals surface area contributed by atoms with Gasteiger partial charge in [-0.25, -0.2) is 4.39 Å². The molecule has 3 nitrogen and oxygen atoms in total. The summed E-state index contributed by atoms with van der Waals surface area (Å²) in [6, 6.07) is 5.28. The maximum absolute atomic E-state index is 13.6. The lowest BCUT2D eigenvalue weighted by atomic mass is 10.0. The molecule has 0 bridgehead atoms. The van der Waals surface area contributed by atoms with Gasteiger partial charge in [-0.3, -0.25) is 4.79 Å². The van der Waals surface area contributed by atoms with Crippen LogP contribution in [0.4, 0.5) is 4.39 Å². The second kappa shape index (κ2) is 7.42. The molecule has 1 aliphatic carbocycles. The predicted octanol–water partition coefficient (Wildman–Crippen LogP) is 3.16. The first-order valence-electron chi connectivity index (χ1n) is 7.92. The zero-order valence-electron chi connectivity index (χ0n) is 13.0. The summed E-state index contributed by atoms with van der Waals surface area (Å²) in [6.45, 7) is 4.36. The van der Waals surface area contributed by atoms with Gasteiger partial charge in [0.15, 0.2) is 0 Å². The molecule has 1 aliphatic heterocycles. The number of amides is 1. The highest BCUT2D eigenvalue weighted by molar-refractivity contribution is 5.94. The zero-order chi connectivity index (χ0) is 14.8. The fourth-order valence-corrected chi connectivity index (χ4v) is 2.85.